The molecule has 1 aromatic carbocycles. The van der Waals surface area contributed by atoms with Gasteiger partial charge in [-0.25, -0.2) is 4.79 Å². The third kappa shape index (κ3) is 3.55. The first-order chi connectivity index (χ1) is 8.56. The fourth-order valence-electron chi connectivity index (χ4n) is 1.28. The second-order valence-corrected chi connectivity index (χ2v) is 3.29. The average molecular weight is 252 g/mol. The standard InChI is InChI=1S/C11H12N2O5/c1-2-18-11(15)10(14)12-7-8-5-3-4-6-9(8)13(16)17/h3-6H,2,7H2,1H3,(H,12,14). The van der Waals surface area contributed by atoms with Crippen molar-refractivity contribution >= 4 is 17.6 Å². The highest BCUT2D eigenvalue weighted by Gasteiger charge is 2.17. The highest BCUT2D eigenvalue weighted by molar-refractivity contribution is 6.32. The van der Waals surface area contributed by atoms with Crippen molar-refractivity contribution in [2.24, 2.45) is 0 Å². The molecule has 0 spiro atoms. The molecule has 96 valence electrons. The minimum absolute atomic E-state index is 0.0950. The molecule has 0 saturated carbocycles. The van der Waals surface area contributed by atoms with Crippen LogP contribution in [0.3, 0.4) is 0 Å². The van der Waals surface area contributed by atoms with Crippen molar-refractivity contribution in [1.29, 1.82) is 0 Å². The SMILES string of the molecule is CCOC(=O)C(=O)NCc1ccccc1[N+](=O)[O-]. The molecule has 1 N–H and O–H groups in total. The second-order valence-electron chi connectivity index (χ2n) is 3.29. The summed E-state index contributed by atoms with van der Waals surface area (Å²) >= 11 is 0. The molecule has 18 heavy (non-hydrogen) atoms. The van der Waals surface area contributed by atoms with E-state index in [0.29, 0.717) is 5.56 Å². The van der Waals surface area contributed by atoms with Gasteiger partial charge in [-0.3, -0.25) is 14.9 Å². The van der Waals surface area contributed by atoms with Crippen molar-refractivity contribution in [2.75, 3.05) is 6.61 Å². The first kappa shape index (κ1) is 13.6. The van der Waals surface area contributed by atoms with Gasteiger partial charge in [0.15, 0.2) is 0 Å². The largest absolute Gasteiger partial charge is 0.459 e. The zero-order chi connectivity index (χ0) is 13.5. The molecular formula is C11H12N2O5. The molecule has 0 radical (unpaired) electrons. The van der Waals surface area contributed by atoms with Crippen molar-refractivity contribution < 1.29 is 19.2 Å². The summed E-state index contributed by atoms with van der Waals surface area (Å²) in [6.45, 7) is 1.57. The lowest BCUT2D eigenvalue weighted by Gasteiger charge is -2.05. The van der Waals surface area contributed by atoms with E-state index >= 15 is 0 Å². The predicted octanol–water partition coefficient (Wildman–Crippen LogP) is 0.774. The molecule has 7 heteroatoms. The number of nitro groups is 1. The number of benzene rings is 1. The van der Waals surface area contributed by atoms with Crippen LogP contribution in [0.15, 0.2) is 24.3 Å². The molecule has 0 aliphatic rings. The van der Waals surface area contributed by atoms with Crippen molar-refractivity contribution in [3.8, 4) is 0 Å². The molecular weight excluding hydrogens is 240 g/mol. The Balaban J connectivity index is 2.66. The maximum absolute atomic E-state index is 11.2. The van der Waals surface area contributed by atoms with E-state index in [1.54, 1.807) is 13.0 Å². The van der Waals surface area contributed by atoms with E-state index in [1.807, 2.05) is 0 Å². The Labute approximate surface area is 103 Å². The molecule has 1 amide bonds. The summed E-state index contributed by atoms with van der Waals surface area (Å²) in [6, 6.07) is 5.96. The minimum atomic E-state index is -1.00. The van der Waals surface area contributed by atoms with Crippen LogP contribution in [0.4, 0.5) is 5.69 Å². The third-order valence-corrected chi connectivity index (χ3v) is 2.09. The molecule has 1 rings (SSSR count). The minimum Gasteiger partial charge on any atom is -0.459 e. The van der Waals surface area contributed by atoms with Gasteiger partial charge in [-0.05, 0) is 6.92 Å². The van der Waals surface area contributed by atoms with Crippen LogP contribution in [-0.4, -0.2) is 23.4 Å². The van der Waals surface area contributed by atoms with Gasteiger partial charge >= 0.3 is 11.9 Å². The average Bonchev–Trinajstić information content (AvgIpc) is 2.36. The molecule has 1 aromatic rings. The molecule has 7 nitrogen and oxygen atoms in total. The van der Waals surface area contributed by atoms with Crippen LogP contribution in [-0.2, 0) is 20.9 Å². The van der Waals surface area contributed by atoms with Crippen molar-refractivity contribution in [3.05, 3.63) is 39.9 Å². The van der Waals surface area contributed by atoms with Crippen molar-refractivity contribution in [2.45, 2.75) is 13.5 Å². The van der Waals surface area contributed by atoms with Crippen LogP contribution in [0, 0.1) is 10.1 Å². The highest BCUT2D eigenvalue weighted by atomic mass is 16.6. The number of ether oxygens (including phenoxy) is 1. The number of nitrogens with one attached hydrogen (secondary N) is 1. The molecule has 0 bridgehead atoms. The summed E-state index contributed by atoms with van der Waals surface area (Å²) in [7, 11) is 0. The van der Waals surface area contributed by atoms with E-state index in [1.165, 1.54) is 18.2 Å². The van der Waals surface area contributed by atoms with Gasteiger partial charge in [0.05, 0.1) is 18.1 Å². The van der Waals surface area contributed by atoms with E-state index in [4.69, 9.17) is 0 Å². The highest BCUT2D eigenvalue weighted by Crippen LogP contribution is 2.16. The van der Waals surface area contributed by atoms with Gasteiger partial charge < -0.3 is 10.1 Å². The van der Waals surface area contributed by atoms with Gasteiger partial charge in [-0.2, -0.15) is 0 Å². The maximum Gasteiger partial charge on any atom is 0.396 e. The first-order valence-corrected chi connectivity index (χ1v) is 5.23. The van der Waals surface area contributed by atoms with Gasteiger partial charge in [0, 0.05) is 11.6 Å². The number of carbonyl (C=O) groups excluding carboxylic acids is 2. The quantitative estimate of drug-likeness (QED) is 0.369. The fourth-order valence-corrected chi connectivity index (χ4v) is 1.28. The molecule has 0 unspecified atom stereocenters. The molecule has 0 aliphatic carbocycles. The zero-order valence-electron chi connectivity index (χ0n) is 9.71. The lowest BCUT2D eigenvalue weighted by atomic mass is 10.2. The van der Waals surface area contributed by atoms with E-state index < -0.39 is 16.8 Å². The summed E-state index contributed by atoms with van der Waals surface area (Å²) in [5.74, 6) is -1.92. The Kier molecular flexibility index (Phi) is 4.79. The summed E-state index contributed by atoms with van der Waals surface area (Å²) in [5.41, 5.74) is 0.210. The van der Waals surface area contributed by atoms with Crippen LogP contribution in [0.5, 0.6) is 0 Å². The Hall–Kier alpha value is -2.44. The Morgan fingerprint density at radius 1 is 1.39 bits per heavy atom. The van der Waals surface area contributed by atoms with E-state index in [-0.39, 0.29) is 18.8 Å². The molecule has 0 aromatic heterocycles. The number of para-hydroxylation sites is 1. The normalized spacial score (nSPS) is 9.61. The van der Waals surface area contributed by atoms with Gasteiger partial charge in [0.1, 0.15) is 0 Å². The monoisotopic (exact) mass is 252 g/mol. The summed E-state index contributed by atoms with van der Waals surface area (Å²) < 4.78 is 4.48. The lowest BCUT2D eigenvalue weighted by molar-refractivity contribution is -0.385. The number of hydrogen-bond acceptors (Lipinski definition) is 5. The number of amides is 1. The van der Waals surface area contributed by atoms with Crippen LogP contribution in [0.1, 0.15) is 12.5 Å². The Morgan fingerprint density at radius 2 is 2.06 bits per heavy atom. The molecule has 0 saturated heterocycles. The molecule has 0 atom stereocenters. The second kappa shape index (κ2) is 6.33. The molecule has 0 aliphatic heterocycles. The van der Waals surface area contributed by atoms with E-state index in [0.717, 1.165) is 0 Å². The molecule has 0 heterocycles. The molecule has 0 fully saturated rings. The van der Waals surface area contributed by atoms with Crippen LogP contribution in [0.2, 0.25) is 0 Å². The number of carbonyl (C=O) groups is 2. The van der Waals surface area contributed by atoms with Crippen molar-refractivity contribution in [1.82, 2.24) is 5.32 Å². The van der Waals surface area contributed by atoms with Crippen LogP contribution in [0.25, 0.3) is 0 Å². The summed E-state index contributed by atoms with van der Waals surface area (Å²) in [5, 5.41) is 13.0. The Morgan fingerprint density at radius 3 is 2.67 bits per heavy atom. The summed E-state index contributed by atoms with van der Waals surface area (Å²) in [6.07, 6.45) is 0. The van der Waals surface area contributed by atoms with Gasteiger partial charge in [-0.15, -0.1) is 0 Å². The fraction of sp³-hybridized carbons (Fsp3) is 0.273. The maximum atomic E-state index is 11.2. The number of nitrogens with zero attached hydrogens (tertiary/aromatic N) is 1. The van der Waals surface area contributed by atoms with Gasteiger partial charge in [0.25, 0.3) is 5.69 Å². The topological polar surface area (TPSA) is 98.5 Å². The number of hydrogen-bond donors (Lipinski definition) is 1. The third-order valence-electron chi connectivity index (χ3n) is 2.09. The zero-order valence-corrected chi connectivity index (χ0v) is 9.71. The summed E-state index contributed by atoms with van der Waals surface area (Å²) in [4.78, 5) is 32.4. The predicted molar refractivity (Wildman–Crippen MR) is 61.6 cm³/mol. The van der Waals surface area contributed by atoms with E-state index in [2.05, 4.69) is 10.1 Å². The van der Waals surface area contributed by atoms with Crippen LogP contribution >= 0.6 is 0 Å². The van der Waals surface area contributed by atoms with Crippen molar-refractivity contribution in [3.63, 3.8) is 0 Å². The Bertz CT molecular complexity index is 472. The van der Waals surface area contributed by atoms with Gasteiger partial charge in [-0.1, -0.05) is 18.2 Å². The first-order valence-electron chi connectivity index (χ1n) is 5.23. The van der Waals surface area contributed by atoms with Gasteiger partial charge in [0.2, 0.25) is 0 Å². The number of rotatable bonds is 4. The van der Waals surface area contributed by atoms with E-state index in [9.17, 15) is 19.7 Å². The smallest absolute Gasteiger partial charge is 0.396 e. The number of nitro benzene ring substituents is 1. The number of esters is 1. The lowest BCUT2D eigenvalue weighted by Crippen LogP contribution is -2.32. The van der Waals surface area contributed by atoms with Crippen LogP contribution < -0.4 is 5.32 Å².